The maximum Gasteiger partial charge on any atom is 0.335 e. The van der Waals surface area contributed by atoms with Gasteiger partial charge in [0.15, 0.2) is 6.73 Å². The molecule has 1 fully saturated rings. The fraction of sp³-hybridized carbons (Fsp3) is 0.400. The van der Waals surface area contributed by atoms with Crippen LogP contribution in [0.5, 0.6) is 11.5 Å². The van der Waals surface area contributed by atoms with E-state index in [2.05, 4.69) is 0 Å². The summed E-state index contributed by atoms with van der Waals surface area (Å²) in [6.07, 6.45) is -1.72. The van der Waals surface area contributed by atoms with Crippen LogP contribution in [-0.4, -0.2) is 59.6 Å². The van der Waals surface area contributed by atoms with E-state index < -0.39 is 60.1 Å². The Bertz CT molecular complexity index is 2130. The van der Waals surface area contributed by atoms with Crippen LogP contribution in [-0.2, 0) is 52.2 Å². The number of nitriles is 1. The predicted octanol–water partition coefficient (Wildman–Crippen LogP) is 5.71. The topological polar surface area (TPSA) is 170 Å². The van der Waals surface area contributed by atoms with Crippen molar-refractivity contribution in [1.82, 2.24) is 9.13 Å². The lowest BCUT2D eigenvalue weighted by Gasteiger charge is -2.37. The first-order valence-electron chi connectivity index (χ1n) is 17.8. The van der Waals surface area contributed by atoms with Crippen LogP contribution in [0.3, 0.4) is 0 Å². The Labute approximate surface area is 330 Å². The molecule has 0 saturated carbocycles. The number of ether oxygens (including phenoxy) is 5. The number of carbonyl (C=O) groups is 1. The molecule has 0 amide bonds. The number of methoxy groups -OCH3 is 2. The Balaban J connectivity index is 1.58. The van der Waals surface area contributed by atoms with Crippen molar-refractivity contribution in [2.24, 2.45) is 5.41 Å². The van der Waals surface area contributed by atoms with Crippen LogP contribution in [0.15, 0.2) is 94.6 Å². The molecular formula is C40H46N3O11PS. The summed E-state index contributed by atoms with van der Waals surface area (Å²) < 4.78 is 43.4. The Morgan fingerprint density at radius 2 is 1.54 bits per heavy atom. The van der Waals surface area contributed by atoms with Gasteiger partial charge in [0.25, 0.3) is 5.56 Å². The molecule has 5 rings (SSSR count). The number of esters is 1. The lowest BCUT2D eigenvalue weighted by atomic mass is 9.80. The lowest BCUT2D eigenvalue weighted by molar-refractivity contribution is -0.157. The molecular weight excluding hydrogens is 761 g/mol. The van der Waals surface area contributed by atoms with Crippen molar-refractivity contribution < 1.29 is 42.4 Å². The molecule has 298 valence electrons. The molecule has 56 heavy (non-hydrogen) atoms. The highest BCUT2D eigenvalue weighted by Crippen LogP contribution is 2.49. The van der Waals surface area contributed by atoms with Gasteiger partial charge in [0, 0.05) is 18.2 Å². The van der Waals surface area contributed by atoms with E-state index in [-0.39, 0.29) is 31.6 Å². The zero-order valence-electron chi connectivity index (χ0n) is 32.1. The zero-order valence-corrected chi connectivity index (χ0v) is 33.8. The number of aryl methyl sites for hydroxylation is 1. The average molecular weight is 808 g/mol. The van der Waals surface area contributed by atoms with Gasteiger partial charge in [0.1, 0.15) is 29.4 Å². The smallest absolute Gasteiger partial charge is 0.335 e. The molecule has 0 spiro atoms. The van der Waals surface area contributed by atoms with Gasteiger partial charge < -0.3 is 37.6 Å². The normalized spacial score (nSPS) is 18.1. The number of carbonyl (C=O) groups excluding carboxylic acids is 1. The maximum absolute atomic E-state index is 13.9. The minimum atomic E-state index is -3.94. The van der Waals surface area contributed by atoms with Crippen molar-refractivity contribution >= 4 is 24.5 Å². The average Bonchev–Trinajstić information content (AvgIpc) is 3.57. The molecule has 1 aliphatic heterocycles. The first-order valence-corrected chi connectivity index (χ1v) is 20.4. The molecule has 1 aliphatic rings. The van der Waals surface area contributed by atoms with Crippen molar-refractivity contribution in [2.45, 2.75) is 71.3 Å². The van der Waals surface area contributed by atoms with Crippen molar-refractivity contribution in [3.8, 4) is 17.6 Å². The van der Waals surface area contributed by atoms with E-state index in [1.807, 2.05) is 84.9 Å². The molecule has 14 nitrogen and oxygen atoms in total. The molecule has 1 N–H and O–H groups in total. The van der Waals surface area contributed by atoms with Crippen molar-refractivity contribution in [3.63, 3.8) is 0 Å². The molecule has 2 heterocycles. The summed E-state index contributed by atoms with van der Waals surface area (Å²) in [5.41, 5.74) is -1.10. The van der Waals surface area contributed by atoms with E-state index >= 15 is 0 Å². The second-order valence-corrected chi connectivity index (χ2v) is 16.9. The van der Waals surface area contributed by atoms with Gasteiger partial charge >= 0.3 is 18.4 Å². The van der Waals surface area contributed by atoms with E-state index in [9.17, 15) is 19.3 Å². The van der Waals surface area contributed by atoms with Crippen LogP contribution in [0.1, 0.15) is 62.1 Å². The van der Waals surface area contributed by atoms with E-state index in [1.54, 1.807) is 35.0 Å². The molecule has 1 aromatic heterocycles. The van der Waals surface area contributed by atoms with Gasteiger partial charge in [-0.15, -0.1) is 0 Å². The molecule has 4 aromatic rings. The third-order valence-corrected chi connectivity index (χ3v) is 10.8. The SMILES string of the molecule is COc1ccc(C(OC[C@H]2O[C@@H](n3cc(C)c(=O)n(COC(=O)C(C)(C)C)c3=O)CC2OP(O)(=S)OCCC#N)(c2ccccc2)c2ccc(OC)cc2)cc1. The van der Waals surface area contributed by atoms with E-state index in [4.69, 9.17) is 49.8 Å². The first kappa shape index (κ1) is 42.5. The van der Waals surface area contributed by atoms with Gasteiger partial charge in [-0.2, -0.15) is 5.26 Å². The number of aromatic nitrogens is 2. The summed E-state index contributed by atoms with van der Waals surface area (Å²) in [4.78, 5) is 50.7. The lowest BCUT2D eigenvalue weighted by Crippen LogP contribution is -2.43. The maximum atomic E-state index is 13.9. The standard InChI is InChI=1S/C40H46N3O11PS/c1-27-24-42(38(46)43(36(27)44)26-50-37(45)39(2,3)4)35-23-33(54-55(47,56)52-22-10-21-41)34(53-35)25-51-40(28-11-8-7-9-12-28,29-13-17-31(48-5)18-14-29)30-15-19-32(49-6)20-16-30/h7-9,11-20,24,33-35H,10,22-23,25-26H2,1-6H3,(H,47,56)/t33?,34-,35-,55?/m1/s1. The Kier molecular flexibility index (Phi) is 13.7. The summed E-state index contributed by atoms with van der Waals surface area (Å²) in [7, 11) is 3.16. The van der Waals surface area contributed by atoms with Crippen LogP contribution < -0.4 is 20.7 Å². The number of benzene rings is 3. The highest BCUT2D eigenvalue weighted by Gasteiger charge is 2.45. The van der Waals surface area contributed by atoms with E-state index in [1.165, 1.54) is 17.7 Å². The zero-order chi connectivity index (χ0) is 40.7. The van der Waals surface area contributed by atoms with E-state index in [0.717, 1.165) is 21.3 Å². The summed E-state index contributed by atoms with van der Waals surface area (Å²) in [6.45, 7) is 1.62. The molecule has 16 heteroatoms. The van der Waals surface area contributed by atoms with Crippen LogP contribution >= 0.6 is 6.72 Å². The van der Waals surface area contributed by atoms with Crippen molar-refractivity contribution in [1.29, 1.82) is 5.26 Å². The predicted molar refractivity (Wildman–Crippen MR) is 210 cm³/mol. The van der Waals surface area contributed by atoms with Gasteiger partial charge in [-0.05, 0) is 80.5 Å². The Morgan fingerprint density at radius 3 is 2.07 bits per heavy atom. The summed E-state index contributed by atoms with van der Waals surface area (Å²) in [5, 5.41) is 9.03. The number of hydrogen-bond acceptors (Lipinski definition) is 12. The fourth-order valence-electron chi connectivity index (χ4n) is 6.24. The quantitative estimate of drug-likeness (QED) is 0.0633. The minimum absolute atomic E-state index is 0.0298. The van der Waals surface area contributed by atoms with Crippen molar-refractivity contribution in [2.75, 3.05) is 27.4 Å². The number of nitrogens with zero attached hydrogens (tertiary/aromatic N) is 3. The van der Waals surface area contributed by atoms with Gasteiger partial charge in [0.2, 0.25) is 0 Å². The van der Waals surface area contributed by atoms with Crippen LogP contribution in [0.25, 0.3) is 0 Å². The van der Waals surface area contributed by atoms with Crippen LogP contribution in [0.2, 0.25) is 0 Å². The van der Waals surface area contributed by atoms with Crippen LogP contribution in [0, 0.1) is 23.7 Å². The Morgan fingerprint density at radius 1 is 0.964 bits per heavy atom. The van der Waals surface area contributed by atoms with Crippen molar-refractivity contribution in [3.05, 3.63) is 128 Å². The molecule has 2 unspecified atom stereocenters. The largest absolute Gasteiger partial charge is 0.497 e. The molecule has 4 atom stereocenters. The van der Waals surface area contributed by atoms with Crippen LogP contribution in [0.4, 0.5) is 0 Å². The molecule has 1 saturated heterocycles. The molecule has 3 aromatic carbocycles. The monoisotopic (exact) mass is 807 g/mol. The highest BCUT2D eigenvalue weighted by atomic mass is 32.5. The second kappa shape index (κ2) is 18.1. The molecule has 0 aliphatic carbocycles. The third kappa shape index (κ3) is 9.65. The summed E-state index contributed by atoms with van der Waals surface area (Å²) >= 11 is 5.34. The van der Waals surface area contributed by atoms with Gasteiger partial charge in [-0.25, -0.2) is 9.36 Å². The first-order chi connectivity index (χ1) is 26.6. The highest BCUT2D eigenvalue weighted by molar-refractivity contribution is 8.07. The summed E-state index contributed by atoms with van der Waals surface area (Å²) in [5.74, 6) is 0.683. The second-order valence-electron chi connectivity index (χ2n) is 14.1. The number of rotatable bonds is 16. The third-order valence-electron chi connectivity index (χ3n) is 9.17. The number of hydrogen-bond donors (Lipinski definition) is 1. The van der Waals surface area contributed by atoms with Gasteiger partial charge in [0.05, 0.1) is 51.4 Å². The van der Waals surface area contributed by atoms with E-state index in [0.29, 0.717) is 11.5 Å². The van der Waals surface area contributed by atoms with Gasteiger partial charge in [-0.1, -0.05) is 54.6 Å². The molecule has 0 bridgehead atoms. The fourth-order valence-corrected chi connectivity index (χ4v) is 7.74. The minimum Gasteiger partial charge on any atom is -0.497 e. The molecule has 0 radical (unpaired) electrons. The summed E-state index contributed by atoms with van der Waals surface area (Å²) in [6, 6.07) is 26.4. The van der Waals surface area contributed by atoms with Gasteiger partial charge in [-0.3, -0.25) is 14.2 Å². The Hall–Kier alpha value is -4.65.